The van der Waals surface area contributed by atoms with E-state index in [1.807, 2.05) is 13.8 Å². The van der Waals surface area contributed by atoms with Gasteiger partial charge in [0.15, 0.2) is 0 Å². The predicted molar refractivity (Wildman–Crippen MR) is 64.9 cm³/mol. The van der Waals surface area contributed by atoms with Crippen LogP contribution in [0, 0.1) is 15.9 Å². The van der Waals surface area contributed by atoms with Crippen LogP contribution in [0.2, 0.25) is 0 Å². The second-order valence-corrected chi connectivity index (χ2v) is 4.09. The van der Waals surface area contributed by atoms with Crippen molar-refractivity contribution in [2.75, 3.05) is 7.05 Å². The molecule has 0 spiro atoms. The van der Waals surface area contributed by atoms with Crippen molar-refractivity contribution in [1.29, 1.82) is 0 Å². The molecule has 0 saturated carbocycles. The van der Waals surface area contributed by atoms with E-state index in [1.54, 1.807) is 7.05 Å². The summed E-state index contributed by atoms with van der Waals surface area (Å²) < 4.78 is 13.5. The summed E-state index contributed by atoms with van der Waals surface area (Å²) in [5.41, 5.74) is -0.565. The van der Waals surface area contributed by atoms with Gasteiger partial charge in [-0.1, -0.05) is 6.92 Å². The zero-order valence-electron chi connectivity index (χ0n) is 10.5. The molecule has 0 saturated heterocycles. The largest absolute Gasteiger partial charge is 0.339 e. The lowest BCUT2D eigenvalue weighted by molar-refractivity contribution is -0.384. The summed E-state index contributed by atoms with van der Waals surface area (Å²) in [6.07, 6.45) is 0.721. The fourth-order valence-electron chi connectivity index (χ4n) is 1.45. The smallest absolute Gasteiger partial charge is 0.270 e. The minimum atomic E-state index is -0.749. The second kappa shape index (κ2) is 5.57. The van der Waals surface area contributed by atoms with Crippen molar-refractivity contribution in [3.05, 3.63) is 39.7 Å². The first-order valence-corrected chi connectivity index (χ1v) is 5.59. The fraction of sp³-hybridized carbons (Fsp3) is 0.417. The van der Waals surface area contributed by atoms with E-state index in [1.165, 1.54) is 4.90 Å². The van der Waals surface area contributed by atoms with Crippen LogP contribution in [0.25, 0.3) is 0 Å². The standard InChI is InChI=1S/C12H15FN2O3/c1-4-8(2)14(3)12(16)10-7-9(15(17)18)5-6-11(10)13/h5-8H,4H2,1-3H3. The molecule has 0 aromatic heterocycles. The first-order valence-electron chi connectivity index (χ1n) is 5.59. The number of hydrogen-bond acceptors (Lipinski definition) is 3. The number of amides is 1. The maximum Gasteiger partial charge on any atom is 0.270 e. The minimum absolute atomic E-state index is 0.0591. The molecule has 5 nitrogen and oxygen atoms in total. The first-order chi connectivity index (χ1) is 8.38. The summed E-state index contributed by atoms with van der Waals surface area (Å²) >= 11 is 0. The highest BCUT2D eigenvalue weighted by Crippen LogP contribution is 2.19. The van der Waals surface area contributed by atoms with Gasteiger partial charge >= 0.3 is 0 Å². The quantitative estimate of drug-likeness (QED) is 0.612. The van der Waals surface area contributed by atoms with Gasteiger partial charge in [0.2, 0.25) is 0 Å². The molecule has 0 aliphatic carbocycles. The highest BCUT2D eigenvalue weighted by molar-refractivity contribution is 5.95. The van der Waals surface area contributed by atoms with Gasteiger partial charge in [-0.05, 0) is 19.4 Å². The van der Waals surface area contributed by atoms with E-state index in [4.69, 9.17) is 0 Å². The summed E-state index contributed by atoms with van der Waals surface area (Å²) in [7, 11) is 1.55. The van der Waals surface area contributed by atoms with E-state index in [0.29, 0.717) is 0 Å². The summed E-state index contributed by atoms with van der Waals surface area (Å²) in [5.74, 6) is -1.30. The van der Waals surface area contributed by atoms with Crippen LogP contribution in [0.1, 0.15) is 30.6 Å². The normalized spacial score (nSPS) is 12.0. The van der Waals surface area contributed by atoms with E-state index in [-0.39, 0.29) is 17.3 Å². The van der Waals surface area contributed by atoms with Gasteiger partial charge in [-0.3, -0.25) is 14.9 Å². The minimum Gasteiger partial charge on any atom is -0.339 e. The molecule has 1 amide bonds. The van der Waals surface area contributed by atoms with Crippen LogP contribution in [-0.4, -0.2) is 28.8 Å². The highest BCUT2D eigenvalue weighted by Gasteiger charge is 2.22. The van der Waals surface area contributed by atoms with E-state index in [0.717, 1.165) is 24.6 Å². The van der Waals surface area contributed by atoms with Gasteiger partial charge in [0.1, 0.15) is 5.82 Å². The van der Waals surface area contributed by atoms with Gasteiger partial charge < -0.3 is 4.90 Å². The zero-order chi connectivity index (χ0) is 13.9. The lowest BCUT2D eigenvalue weighted by Crippen LogP contribution is -2.35. The molecule has 0 N–H and O–H groups in total. The van der Waals surface area contributed by atoms with E-state index >= 15 is 0 Å². The molecule has 1 aromatic rings. The molecule has 6 heteroatoms. The topological polar surface area (TPSA) is 63.5 Å². The van der Waals surface area contributed by atoms with Crippen LogP contribution in [0.4, 0.5) is 10.1 Å². The number of nitro benzene ring substituents is 1. The molecule has 98 valence electrons. The Kier molecular flexibility index (Phi) is 4.36. The molecule has 0 bridgehead atoms. The monoisotopic (exact) mass is 254 g/mol. The highest BCUT2D eigenvalue weighted by atomic mass is 19.1. The predicted octanol–water partition coefficient (Wildman–Crippen LogP) is 2.60. The lowest BCUT2D eigenvalue weighted by atomic mass is 10.1. The average Bonchev–Trinajstić information content (AvgIpc) is 2.36. The Morgan fingerprint density at radius 1 is 1.56 bits per heavy atom. The van der Waals surface area contributed by atoms with Gasteiger partial charge in [-0.2, -0.15) is 0 Å². The van der Waals surface area contributed by atoms with E-state index in [2.05, 4.69) is 0 Å². The van der Waals surface area contributed by atoms with Gasteiger partial charge in [0.05, 0.1) is 10.5 Å². The van der Waals surface area contributed by atoms with Gasteiger partial charge in [-0.25, -0.2) is 4.39 Å². The Hall–Kier alpha value is -1.98. The summed E-state index contributed by atoms with van der Waals surface area (Å²) in [6.45, 7) is 3.73. The van der Waals surface area contributed by atoms with E-state index < -0.39 is 16.6 Å². The van der Waals surface area contributed by atoms with Crippen LogP contribution in [0.15, 0.2) is 18.2 Å². The van der Waals surface area contributed by atoms with Crippen molar-refractivity contribution in [3.8, 4) is 0 Å². The Bertz CT molecular complexity index is 476. The maximum atomic E-state index is 13.5. The van der Waals surface area contributed by atoms with Crippen molar-refractivity contribution in [2.24, 2.45) is 0 Å². The third-order valence-electron chi connectivity index (χ3n) is 2.96. The Labute approximate surface area is 104 Å². The molecule has 1 aromatic carbocycles. The van der Waals surface area contributed by atoms with Crippen LogP contribution >= 0.6 is 0 Å². The summed E-state index contributed by atoms with van der Waals surface area (Å²) in [5, 5.41) is 10.6. The molecule has 0 aliphatic rings. The lowest BCUT2D eigenvalue weighted by Gasteiger charge is -2.23. The molecule has 1 unspecified atom stereocenters. The Morgan fingerprint density at radius 3 is 2.67 bits per heavy atom. The van der Waals surface area contributed by atoms with E-state index in [9.17, 15) is 19.3 Å². The third-order valence-corrected chi connectivity index (χ3v) is 2.96. The maximum absolute atomic E-state index is 13.5. The number of non-ortho nitro benzene ring substituents is 1. The van der Waals surface area contributed by atoms with Crippen molar-refractivity contribution in [3.63, 3.8) is 0 Å². The molecule has 1 rings (SSSR count). The van der Waals surface area contributed by atoms with Crippen molar-refractivity contribution >= 4 is 11.6 Å². The van der Waals surface area contributed by atoms with Crippen LogP contribution < -0.4 is 0 Å². The van der Waals surface area contributed by atoms with Crippen molar-refractivity contribution in [1.82, 2.24) is 4.90 Å². The van der Waals surface area contributed by atoms with Gasteiger partial charge in [0.25, 0.3) is 11.6 Å². The SMILES string of the molecule is CCC(C)N(C)C(=O)c1cc([N+](=O)[O-])ccc1F. The van der Waals surface area contributed by atoms with Crippen LogP contribution in [-0.2, 0) is 0 Å². The van der Waals surface area contributed by atoms with Gasteiger partial charge in [-0.15, -0.1) is 0 Å². The number of nitrogens with zero attached hydrogens (tertiary/aromatic N) is 2. The second-order valence-electron chi connectivity index (χ2n) is 4.09. The molecular weight excluding hydrogens is 239 g/mol. The molecular formula is C12H15FN2O3. The fourth-order valence-corrected chi connectivity index (χ4v) is 1.45. The first kappa shape index (κ1) is 14.1. The zero-order valence-corrected chi connectivity index (χ0v) is 10.5. The Balaban J connectivity index is 3.12. The number of nitro groups is 1. The van der Waals surface area contributed by atoms with Crippen LogP contribution in [0.3, 0.4) is 0 Å². The molecule has 18 heavy (non-hydrogen) atoms. The summed E-state index contributed by atoms with van der Waals surface area (Å²) in [6, 6.07) is 2.89. The number of rotatable bonds is 4. The number of carbonyl (C=O) groups excluding carboxylic acids is 1. The summed E-state index contributed by atoms with van der Waals surface area (Å²) in [4.78, 5) is 23.3. The molecule has 1 atom stereocenters. The number of halogens is 1. The third kappa shape index (κ3) is 2.82. The average molecular weight is 254 g/mol. The molecule has 0 heterocycles. The molecule has 0 radical (unpaired) electrons. The molecule has 0 aliphatic heterocycles. The number of carbonyl (C=O) groups is 1. The Morgan fingerprint density at radius 2 is 2.17 bits per heavy atom. The van der Waals surface area contributed by atoms with Crippen LogP contribution in [0.5, 0.6) is 0 Å². The number of hydrogen-bond donors (Lipinski definition) is 0. The number of benzene rings is 1. The van der Waals surface area contributed by atoms with Crippen molar-refractivity contribution < 1.29 is 14.1 Å². The van der Waals surface area contributed by atoms with Gasteiger partial charge in [0, 0.05) is 25.2 Å². The molecule has 0 fully saturated rings. The van der Waals surface area contributed by atoms with Crippen molar-refractivity contribution in [2.45, 2.75) is 26.3 Å².